The minimum Gasteiger partial charge on any atom is -0.365 e. The Morgan fingerprint density at radius 2 is 2.00 bits per heavy atom. The van der Waals surface area contributed by atoms with E-state index in [1.807, 2.05) is 6.92 Å². The number of benzene rings is 1. The van der Waals surface area contributed by atoms with Gasteiger partial charge < -0.3 is 5.32 Å². The maximum Gasteiger partial charge on any atom is 0.146 e. The molecule has 1 aromatic rings. The number of halogens is 1. The molecule has 18 heavy (non-hydrogen) atoms. The zero-order valence-electron chi connectivity index (χ0n) is 11.2. The number of nitrogens with one attached hydrogen (secondary N) is 1. The van der Waals surface area contributed by atoms with Crippen molar-refractivity contribution in [1.29, 1.82) is 5.26 Å². The highest BCUT2D eigenvalue weighted by Crippen LogP contribution is 2.23. The summed E-state index contributed by atoms with van der Waals surface area (Å²) in [6.07, 6.45) is 5.19. The molecule has 0 aromatic heterocycles. The third-order valence-corrected chi connectivity index (χ3v) is 3.06. The van der Waals surface area contributed by atoms with Crippen LogP contribution in [0.3, 0.4) is 0 Å². The smallest absolute Gasteiger partial charge is 0.146 e. The zero-order chi connectivity index (χ0) is 13.4. The van der Waals surface area contributed by atoms with Crippen molar-refractivity contribution in [3.63, 3.8) is 0 Å². The number of nitrogens with zero attached hydrogens (tertiary/aromatic N) is 1. The van der Waals surface area contributed by atoms with Crippen molar-refractivity contribution in [1.82, 2.24) is 0 Å². The third kappa shape index (κ3) is 4.37. The molecule has 0 heterocycles. The number of nitriles is 1. The van der Waals surface area contributed by atoms with Crippen LogP contribution in [0.5, 0.6) is 0 Å². The van der Waals surface area contributed by atoms with E-state index in [-0.39, 0.29) is 5.82 Å². The van der Waals surface area contributed by atoms with Gasteiger partial charge in [-0.25, -0.2) is 4.39 Å². The van der Waals surface area contributed by atoms with Gasteiger partial charge in [-0.15, -0.1) is 0 Å². The number of anilines is 1. The molecule has 0 saturated heterocycles. The maximum atomic E-state index is 13.5. The summed E-state index contributed by atoms with van der Waals surface area (Å²) in [6, 6.07) is 8.73. The van der Waals surface area contributed by atoms with Crippen molar-refractivity contribution in [2.24, 2.45) is 0 Å². The van der Waals surface area contributed by atoms with Crippen LogP contribution < -0.4 is 5.32 Å². The Kier molecular flexibility index (Phi) is 5.64. The molecule has 1 N–H and O–H groups in total. The van der Waals surface area contributed by atoms with E-state index in [4.69, 9.17) is 0 Å². The second-order valence-corrected chi connectivity index (χ2v) is 4.86. The van der Waals surface area contributed by atoms with Crippen LogP contribution in [0, 0.1) is 17.1 Å². The minimum absolute atomic E-state index is 0.312. The highest BCUT2D eigenvalue weighted by atomic mass is 19.1. The molecular formula is C15H21FN2. The highest BCUT2D eigenvalue weighted by Gasteiger charge is 2.23. The predicted molar refractivity (Wildman–Crippen MR) is 72.8 cm³/mol. The first-order valence-corrected chi connectivity index (χ1v) is 6.55. The van der Waals surface area contributed by atoms with Gasteiger partial charge in [0.2, 0.25) is 0 Å². The molecule has 0 fully saturated rings. The molecule has 0 aliphatic carbocycles. The van der Waals surface area contributed by atoms with E-state index in [0.717, 1.165) is 19.3 Å². The molecule has 0 bridgehead atoms. The van der Waals surface area contributed by atoms with Gasteiger partial charge in [0, 0.05) is 0 Å². The first-order valence-electron chi connectivity index (χ1n) is 6.55. The number of para-hydroxylation sites is 1. The second kappa shape index (κ2) is 7.00. The topological polar surface area (TPSA) is 35.8 Å². The van der Waals surface area contributed by atoms with Gasteiger partial charge in [0.05, 0.1) is 11.8 Å². The fourth-order valence-corrected chi connectivity index (χ4v) is 1.91. The Labute approximate surface area is 109 Å². The molecule has 1 aromatic carbocycles. The van der Waals surface area contributed by atoms with E-state index < -0.39 is 5.54 Å². The maximum absolute atomic E-state index is 13.5. The van der Waals surface area contributed by atoms with Gasteiger partial charge in [-0.05, 0) is 25.5 Å². The molecular weight excluding hydrogens is 227 g/mol. The molecule has 0 spiro atoms. The van der Waals surface area contributed by atoms with Crippen molar-refractivity contribution >= 4 is 5.69 Å². The normalized spacial score (nSPS) is 13.7. The zero-order valence-corrected chi connectivity index (χ0v) is 11.2. The number of hydrogen-bond donors (Lipinski definition) is 1. The molecule has 3 heteroatoms. The lowest BCUT2D eigenvalue weighted by Crippen LogP contribution is -2.33. The quantitative estimate of drug-likeness (QED) is 0.722. The Morgan fingerprint density at radius 3 is 2.61 bits per heavy atom. The predicted octanol–water partition coefficient (Wildman–Crippen LogP) is 4.49. The third-order valence-electron chi connectivity index (χ3n) is 3.06. The highest BCUT2D eigenvalue weighted by molar-refractivity contribution is 5.48. The van der Waals surface area contributed by atoms with Crippen LogP contribution >= 0.6 is 0 Å². The summed E-state index contributed by atoms with van der Waals surface area (Å²) in [5, 5.41) is 12.3. The summed E-state index contributed by atoms with van der Waals surface area (Å²) in [4.78, 5) is 0. The summed E-state index contributed by atoms with van der Waals surface area (Å²) >= 11 is 0. The molecule has 2 nitrogen and oxygen atoms in total. The molecule has 0 radical (unpaired) electrons. The largest absolute Gasteiger partial charge is 0.365 e. The SMILES string of the molecule is CCCCCCC(C)(C#N)Nc1ccccc1F. The Bertz CT molecular complexity index is 411. The van der Waals surface area contributed by atoms with E-state index in [0.29, 0.717) is 5.69 Å². The molecule has 1 atom stereocenters. The van der Waals surface area contributed by atoms with Gasteiger partial charge in [0.15, 0.2) is 0 Å². The van der Waals surface area contributed by atoms with E-state index in [1.165, 1.54) is 18.9 Å². The van der Waals surface area contributed by atoms with Crippen molar-refractivity contribution in [3.8, 4) is 6.07 Å². The lowest BCUT2D eigenvalue weighted by atomic mass is 9.95. The summed E-state index contributed by atoms with van der Waals surface area (Å²) in [5.41, 5.74) is -0.298. The van der Waals surface area contributed by atoms with Crippen molar-refractivity contribution in [2.75, 3.05) is 5.32 Å². The molecule has 0 aliphatic rings. The second-order valence-electron chi connectivity index (χ2n) is 4.86. The summed E-state index contributed by atoms with van der Waals surface area (Å²) in [5.74, 6) is -0.312. The van der Waals surface area contributed by atoms with Gasteiger partial charge in [-0.3, -0.25) is 0 Å². The van der Waals surface area contributed by atoms with E-state index in [1.54, 1.807) is 18.2 Å². The number of hydrogen-bond acceptors (Lipinski definition) is 2. The summed E-state index contributed by atoms with van der Waals surface area (Å²) in [7, 11) is 0. The number of rotatable bonds is 7. The number of unbranched alkanes of at least 4 members (excludes halogenated alkanes) is 3. The van der Waals surface area contributed by atoms with E-state index in [2.05, 4.69) is 18.3 Å². The van der Waals surface area contributed by atoms with E-state index >= 15 is 0 Å². The monoisotopic (exact) mass is 248 g/mol. The van der Waals surface area contributed by atoms with Gasteiger partial charge in [0.1, 0.15) is 11.4 Å². The Morgan fingerprint density at radius 1 is 1.28 bits per heavy atom. The van der Waals surface area contributed by atoms with Crippen molar-refractivity contribution in [3.05, 3.63) is 30.1 Å². The van der Waals surface area contributed by atoms with Gasteiger partial charge in [0.25, 0.3) is 0 Å². The lowest BCUT2D eigenvalue weighted by Gasteiger charge is -2.24. The van der Waals surface area contributed by atoms with Crippen LogP contribution in [0.4, 0.5) is 10.1 Å². The van der Waals surface area contributed by atoms with Gasteiger partial charge in [-0.1, -0.05) is 44.7 Å². The molecule has 0 aliphatic heterocycles. The lowest BCUT2D eigenvalue weighted by molar-refractivity contribution is 0.523. The van der Waals surface area contributed by atoms with Gasteiger partial charge >= 0.3 is 0 Å². The van der Waals surface area contributed by atoms with Crippen molar-refractivity contribution in [2.45, 2.75) is 51.5 Å². The average molecular weight is 248 g/mol. The van der Waals surface area contributed by atoms with Crippen LogP contribution in [-0.4, -0.2) is 5.54 Å². The van der Waals surface area contributed by atoms with E-state index in [9.17, 15) is 9.65 Å². The van der Waals surface area contributed by atoms with Gasteiger partial charge in [-0.2, -0.15) is 5.26 Å². The van der Waals surface area contributed by atoms with Crippen LogP contribution in [0.25, 0.3) is 0 Å². The first-order chi connectivity index (χ1) is 8.61. The summed E-state index contributed by atoms with van der Waals surface area (Å²) < 4.78 is 13.5. The standard InChI is InChI=1S/C15H21FN2/c1-3-4-5-8-11-15(2,12-17)18-14-10-7-6-9-13(14)16/h6-7,9-10,18H,3-5,8,11H2,1-2H3. The molecule has 0 saturated carbocycles. The van der Waals surface area contributed by atoms with Crippen LogP contribution in [-0.2, 0) is 0 Å². The van der Waals surface area contributed by atoms with Crippen molar-refractivity contribution < 1.29 is 4.39 Å². The molecule has 98 valence electrons. The fourth-order valence-electron chi connectivity index (χ4n) is 1.91. The molecule has 0 amide bonds. The summed E-state index contributed by atoms with van der Waals surface area (Å²) in [6.45, 7) is 3.98. The first kappa shape index (κ1) is 14.5. The minimum atomic E-state index is -0.698. The Hall–Kier alpha value is -1.56. The molecule has 1 unspecified atom stereocenters. The average Bonchev–Trinajstić information content (AvgIpc) is 2.38. The molecule has 1 rings (SSSR count). The van der Waals surface area contributed by atoms with Crippen LogP contribution in [0.15, 0.2) is 24.3 Å². The van der Waals surface area contributed by atoms with Crippen LogP contribution in [0.2, 0.25) is 0 Å². The van der Waals surface area contributed by atoms with Crippen LogP contribution in [0.1, 0.15) is 46.0 Å². The fraction of sp³-hybridized carbons (Fsp3) is 0.533. The Balaban J connectivity index is 2.60.